The maximum atomic E-state index is 12.2. The van der Waals surface area contributed by atoms with Gasteiger partial charge in [-0.2, -0.15) is 0 Å². The molecule has 1 fully saturated rings. The highest BCUT2D eigenvalue weighted by Gasteiger charge is 2.24. The highest BCUT2D eigenvalue weighted by atomic mass is 32.1. The van der Waals surface area contributed by atoms with Crippen molar-refractivity contribution in [3.63, 3.8) is 0 Å². The minimum absolute atomic E-state index is 0.0218. The molecular weight excluding hydrogens is 362 g/mol. The predicted octanol–water partition coefficient (Wildman–Crippen LogP) is 2.44. The fourth-order valence-corrected chi connectivity index (χ4v) is 3.91. The monoisotopic (exact) mass is 387 g/mol. The molecule has 2 heterocycles. The quantitative estimate of drug-likeness (QED) is 0.730. The first-order valence-electron chi connectivity index (χ1n) is 9.14. The Morgan fingerprint density at radius 1 is 1.15 bits per heavy atom. The molecule has 2 aromatic rings. The molecule has 2 N–H and O–H groups in total. The van der Waals surface area contributed by atoms with E-state index in [0.717, 1.165) is 24.4 Å². The average Bonchev–Trinajstić information content (AvgIpc) is 3.41. The van der Waals surface area contributed by atoms with Crippen molar-refractivity contribution in [2.75, 3.05) is 33.3 Å². The van der Waals surface area contributed by atoms with E-state index in [-0.39, 0.29) is 24.4 Å². The second-order valence-corrected chi connectivity index (χ2v) is 7.44. The van der Waals surface area contributed by atoms with Gasteiger partial charge in [-0.1, -0.05) is 18.2 Å². The van der Waals surface area contributed by atoms with E-state index in [9.17, 15) is 9.59 Å². The van der Waals surface area contributed by atoms with E-state index < -0.39 is 0 Å². The fourth-order valence-electron chi connectivity index (χ4n) is 3.27. The molecule has 1 aliphatic heterocycles. The van der Waals surface area contributed by atoms with Crippen LogP contribution < -0.4 is 15.4 Å². The number of carbonyl (C=O) groups is 2. The second-order valence-electron chi connectivity index (χ2n) is 6.50. The molecule has 0 radical (unpaired) electrons. The summed E-state index contributed by atoms with van der Waals surface area (Å²) in [5, 5.41) is 7.46. The molecule has 0 spiro atoms. The van der Waals surface area contributed by atoms with Gasteiger partial charge < -0.3 is 15.4 Å². The van der Waals surface area contributed by atoms with Crippen molar-refractivity contribution in [3.8, 4) is 5.75 Å². The van der Waals surface area contributed by atoms with Crippen LogP contribution in [0, 0.1) is 0 Å². The number of thiophene rings is 1. The van der Waals surface area contributed by atoms with E-state index in [0.29, 0.717) is 11.4 Å². The Bertz CT molecular complexity index is 740. The zero-order valence-corrected chi connectivity index (χ0v) is 16.3. The summed E-state index contributed by atoms with van der Waals surface area (Å²) in [6, 6.07) is 11.7. The standard InChI is InChI=1S/C20H25N3O3S/c1-26-16-8-6-15(7-9-16)17(23-10-2-3-11-23)13-21-19(24)14-22-20(25)18-5-4-12-27-18/h4-9,12,17H,2-3,10-11,13-14H2,1H3,(H,21,24)(H,22,25). The molecule has 0 saturated carbocycles. The number of ether oxygens (including phenoxy) is 1. The third-order valence-corrected chi connectivity index (χ3v) is 5.60. The first-order valence-corrected chi connectivity index (χ1v) is 10.0. The Hall–Kier alpha value is -2.38. The van der Waals surface area contributed by atoms with E-state index in [1.165, 1.54) is 24.2 Å². The van der Waals surface area contributed by atoms with Crippen LogP contribution in [0.4, 0.5) is 0 Å². The van der Waals surface area contributed by atoms with Crippen LogP contribution >= 0.6 is 11.3 Å². The lowest BCUT2D eigenvalue weighted by Gasteiger charge is -2.28. The summed E-state index contributed by atoms with van der Waals surface area (Å²) in [6.45, 7) is 2.55. The van der Waals surface area contributed by atoms with Crippen LogP contribution in [0.3, 0.4) is 0 Å². The molecule has 0 aliphatic carbocycles. The molecule has 1 aliphatic rings. The van der Waals surface area contributed by atoms with Crippen molar-refractivity contribution in [3.05, 3.63) is 52.2 Å². The molecule has 1 aromatic carbocycles. The number of nitrogens with zero attached hydrogens (tertiary/aromatic N) is 1. The van der Waals surface area contributed by atoms with Crippen molar-refractivity contribution in [2.24, 2.45) is 0 Å². The SMILES string of the molecule is COc1ccc(C(CNC(=O)CNC(=O)c2cccs2)N2CCCC2)cc1. The van der Waals surface area contributed by atoms with Crippen molar-refractivity contribution in [2.45, 2.75) is 18.9 Å². The summed E-state index contributed by atoms with van der Waals surface area (Å²) in [5.74, 6) is 0.420. The molecule has 3 rings (SSSR count). The van der Waals surface area contributed by atoms with Gasteiger partial charge in [0.1, 0.15) is 5.75 Å². The van der Waals surface area contributed by atoms with E-state index >= 15 is 0 Å². The van der Waals surface area contributed by atoms with Gasteiger partial charge in [0.15, 0.2) is 0 Å². The van der Waals surface area contributed by atoms with Crippen molar-refractivity contribution in [1.82, 2.24) is 15.5 Å². The number of methoxy groups -OCH3 is 1. The van der Waals surface area contributed by atoms with E-state index in [2.05, 4.69) is 15.5 Å². The summed E-state index contributed by atoms with van der Waals surface area (Å²) < 4.78 is 5.23. The third-order valence-electron chi connectivity index (χ3n) is 4.73. The molecular formula is C20H25N3O3S. The van der Waals surface area contributed by atoms with Crippen LogP contribution in [0.25, 0.3) is 0 Å². The average molecular weight is 388 g/mol. The number of carbonyl (C=O) groups excluding carboxylic acids is 2. The lowest BCUT2D eigenvalue weighted by Crippen LogP contribution is -2.41. The molecule has 27 heavy (non-hydrogen) atoms. The fraction of sp³-hybridized carbons (Fsp3) is 0.400. The van der Waals surface area contributed by atoms with Gasteiger partial charge in [-0.15, -0.1) is 11.3 Å². The van der Waals surface area contributed by atoms with Gasteiger partial charge >= 0.3 is 0 Å². The first-order chi connectivity index (χ1) is 13.2. The number of nitrogens with one attached hydrogen (secondary N) is 2. The summed E-state index contributed by atoms with van der Waals surface area (Å²) in [7, 11) is 1.65. The van der Waals surface area contributed by atoms with Crippen molar-refractivity contribution in [1.29, 1.82) is 0 Å². The van der Waals surface area contributed by atoms with Crippen LogP contribution in [0.5, 0.6) is 5.75 Å². The van der Waals surface area contributed by atoms with Gasteiger partial charge in [0.25, 0.3) is 5.91 Å². The largest absolute Gasteiger partial charge is 0.497 e. The van der Waals surface area contributed by atoms with Gasteiger partial charge in [-0.25, -0.2) is 0 Å². The maximum Gasteiger partial charge on any atom is 0.261 e. The van der Waals surface area contributed by atoms with Crippen LogP contribution in [0.1, 0.15) is 34.1 Å². The molecule has 1 unspecified atom stereocenters. The van der Waals surface area contributed by atoms with Gasteiger partial charge in [0, 0.05) is 6.54 Å². The molecule has 7 heteroatoms. The molecule has 1 atom stereocenters. The molecule has 1 saturated heterocycles. The highest BCUT2D eigenvalue weighted by Crippen LogP contribution is 2.26. The topological polar surface area (TPSA) is 70.7 Å². The van der Waals surface area contributed by atoms with Gasteiger partial charge in [-0.05, 0) is 55.1 Å². The van der Waals surface area contributed by atoms with E-state index in [4.69, 9.17) is 4.74 Å². The summed E-state index contributed by atoms with van der Waals surface area (Å²) in [6.07, 6.45) is 2.36. The van der Waals surface area contributed by atoms with Crippen LogP contribution in [-0.4, -0.2) is 50.0 Å². The minimum atomic E-state index is -0.216. The first kappa shape index (κ1) is 19.4. The molecule has 144 valence electrons. The lowest BCUT2D eigenvalue weighted by molar-refractivity contribution is -0.120. The number of amides is 2. The molecule has 6 nitrogen and oxygen atoms in total. The number of hydrogen-bond acceptors (Lipinski definition) is 5. The smallest absolute Gasteiger partial charge is 0.261 e. The Kier molecular flexibility index (Phi) is 6.84. The Morgan fingerprint density at radius 2 is 1.89 bits per heavy atom. The number of hydrogen-bond donors (Lipinski definition) is 2. The van der Waals surface area contributed by atoms with Crippen LogP contribution in [-0.2, 0) is 4.79 Å². The Balaban J connectivity index is 1.55. The molecule has 2 amide bonds. The molecule has 0 bridgehead atoms. The van der Waals surface area contributed by atoms with Gasteiger partial charge in [-0.3, -0.25) is 14.5 Å². The van der Waals surface area contributed by atoms with Gasteiger partial charge in [0.05, 0.1) is 24.6 Å². The maximum absolute atomic E-state index is 12.2. The van der Waals surface area contributed by atoms with Crippen molar-refractivity contribution >= 4 is 23.2 Å². The van der Waals surface area contributed by atoms with E-state index in [1.54, 1.807) is 13.2 Å². The van der Waals surface area contributed by atoms with Crippen LogP contribution in [0.2, 0.25) is 0 Å². The number of benzene rings is 1. The molecule has 1 aromatic heterocycles. The summed E-state index contributed by atoms with van der Waals surface area (Å²) >= 11 is 1.36. The second kappa shape index (κ2) is 9.53. The Morgan fingerprint density at radius 3 is 2.52 bits per heavy atom. The Labute approximate surface area is 163 Å². The predicted molar refractivity (Wildman–Crippen MR) is 106 cm³/mol. The van der Waals surface area contributed by atoms with Gasteiger partial charge in [0.2, 0.25) is 5.91 Å². The highest BCUT2D eigenvalue weighted by molar-refractivity contribution is 7.12. The number of likely N-dealkylation sites (tertiary alicyclic amines) is 1. The van der Waals surface area contributed by atoms with Crippen LogP contribution in [0.15, 0.2) is 41.8 Å². The van der Waals surface area contributed by atoms with E-state index in [1.807, 2.05) is 35.7 Å². The summed E-state index contributed by atoms with van der Waals surface area (Å²) in [4.78, 5) is 27.1. The normalized spacial score (nSPS) is 15.3. The third kappa shape index (κ3) is 5.30. The zero-order valence-electron chi connectivity index (χ0n) is 15.4. The van der Waals surface area contributed by atoms with Crippen molar-refractivity contribution < 1.29 is 14.3 Å². The summed E-state index contributed by atoms with van der Waals surface area (Å²) in [5.41, 5.74) is 1.15. The number of rotatable bonds is 8. The minimum Gasteiger partial charge on any atom is -0.497 e. The lowest BCUT2D eigenvalue weighted by atomic mass is 10.1. The zero-order chi connectivity index (χ0) is 19.1.